The van der Waals surface area contributed by atoms with Crippen molar-refractivity contribution in [2.75, 3.05) is 14.2 Å². The van der Waals surface area contributed by atoms with Gasteiger partial charge in [0.25, 0.3) is 0 Å². The first-order valence-corrected chi connectivity index (χ1v) is 5.28. The second-order valence-corrected chi connectivity index (χ2v) is 3.82. The van der Waals surface area contributed by atoms with Crippen LogP contribution in [-0.2, 0) is 13.5 Å². The highest BCUT2D eigenvalue weighted by atomic mass is 16.5. The van der Waals surface area contributed by atoms with E-state index in [0.717, 1.165) is 16.5 Å². The molecule has 88 valence electrons. The van der Waals surface area contributed by atoms with Crippen LogP contribution < -0.4 is 9.47 Å². The van der Waals surface area contributed by atoms with Gasteiger partial charge in [-0.05, 0) is 11.6 Å². The minimum absolute atomic E-state index is 0.396. The van der Waals surface area contributed by atoms with Crippen molar-refractivity contribution >= 4 is 10.9 Å². The van der Waals surface area contributed by atoms with Crippen LogP contribution in [0.3, 0.4) is 0 Å². The molecule has 0 N–H and O–H groups in total. The number of methoxy groups -OCH3 is 2. The zero-order valence-electron chi connectivity index (χ0n) is 10.2. The lowest BCUT2D eigenvalue weighted by atomic mass is 10.1. The minimum Gasteiger partial charge on any atom is -0.493 e. The summed E-state index contributed by atoms with van der Waals surface area (Å²) in [6.07, 6.45) is 2.36. The molecule has 2 rings (SSSR count). The second-order valence-electron chi connectivity index (χ2n) is 3.82. The molecule has 4 nitrogen and oxygen atoms in total. The van der Waals surface area contributed by atoms with Gasteiger partial charge in [0, 0.05) is 24.7 Å². The Bertz CT molecular complexity index is 593. The first kappa shape index (κ1) is 11.3. The lowest BCUT2D eigenvalue weighted by molar-refractivity contribution is 0.355. The summed E-state index contributed by atoms with van der Waals surface area (Å²) in [6.45, 7) is 0. The average molecular weight is 230 g/mol. The molecule has 0 unspecified atom stereocenters. The molecule has 0 aliphatic carbocycles. The summed E-state index contributed by atoms with van der Waals surface area (Å²) in [7, 11) is 5.18. The predicted molar refractivity (Wildman–Crippen MR) is 65.3 cm³/mol. The van der Waals surface area contributed by atoms with Crippen molar-refractivity contribution in [3.05, 3.63) is 23.9 Å². The zero-order chi connectivity index (χ0) is 12.4. The SMILES string of the molecule is COc1cc2c(CC#N)cn(C)c2cc1OC. The molecule has 1 aromatic heterocycles. The minimum atomic E-state index is 0.396. The maximum atomic E-state index is 8.80. The third-order valence-corrected chi connectivity index (χ3v) is 2.85. The van der Waals surface area contributed by atoms with Crippen LogP contribution in [0.5, 0.6) is 11.5 Å². The van der Waals surface area contributed by atoms with Crippen LogP contribution in [0.1, 0.15) is 5.56 Å². The van der Waals surface area contributed by atoms with Gasteiger partial charge in [-0.2, -0.15) is 5.26 Å². The van der Waals surface area contributed by atoms with Gasteiger partial charge in [-0.1, -0.05) is 0 Å². The van der Waals surface area contributed by atoms with Crippen LogP contribution >= 0.6 is 0 Å². The van der Waals surface area contributed by atoms with Crippen LogP contribution in [0.2, 0.25) is 0 Å². The van der Waals surface area contributed by atoms with Gasteiger partial charge in [0.15, 0.2) is 11.5 Å². The smallest absolute Gasteiger partial charge is 0.162 e. The van der Waals surface area contributed by atoms with E-state index in [0.29, 0.717) is 17.9 Å². The molecule has 0 radical (unpaired) electrons. The molecule has 0 saturated heterocycles. The molecule has 0 aliphatic heterocycles. The Morgan fingerprint density at radius 2 is 1.88 bits per heavy atom. The lowest BCUT2D eigenvalue weighted by Crippen LogP contribution is -1.91. The molecule has 17 heavy (non-hydrogen) atoms. The Kier molecular flexibility index (Phi) is 2.92. The number of fused-ring (bicyclic) bond motifs is 1. The van der Waals surface area contributed by atoms with Crippen LogP contribution in [-0.4, -0.2) is 18.8 Å². The average Bonchev–Trinajstić information content (AvgIpc) is 2.65. The van der Waals surface area contributed by atoms with Gasteiger partial charge in [0.2, 0.25) is 0 Å². The van der Waals surface area contributed by atoms with E-state index in [4.69, 9.17) is 14.7 Å². The lowest BCUT2D eigenvalue weighted by Gasteiger charge is -2.08. The van der Waals surface area contributed by atoms with Gasteiger partial charge in [-0.25, -0.2) is 0 Å². The largest absolute Gasteiger partial charge is 0.493 e. The van der Waals surface area contributed by atoms with E-state index >= 15 is 0 Å². The van der Waals surface area contributed by atoms with Gasteiger partial charge in [-0.3, -0.25) is 0 Å². The van der Waals surface area contributed by atoms with Gasteiger partial charge in [0.1, 0.15) is 0 Å². The monoisotopic (exact) mass is 230 g/mol. The summed E-state index contributed by atoms with van der Waals surface area (Å²) in [5, 5.41) is 9.83. The molecule has 0 spiro atoms. The van der Waals surface area contributed by atoms with Crippen molar-refractivity contribution in [2.24, 2.45) is 7.05 Å². The van der Waals surface area contributed by atoms with Crippen molar-refractivity contribution in [2.45, 2.75) is 6.42 Å². The molecule has 1 heterocycles. The highest BCUT2D eigenvalue weighted by Gasteiger charge is 2.12. The number of ether oxygens (including phenoxy) is 2. The normalized spacial score (nSPS) is 10.2. The number of hydrogen-bond donors (Lipinski definition) is 0. The van der Waals surface area contributed by atoms with E-state index < -0.39 is 0 Å². The first-order valence-electron chi connectivity index (χ1n) is 5.28. The van der Waals surface area contributed by atoms with E-state index in [9.17, 15) is 0 Å². The third-order valence-electron chi connectivity index (χ3n) is 2.85. The van der Waals surface area contributed by atoms with Crippen LogP contribution in [0, 0.1) is 11.3 Å². The maximum Gasteiger partial charge on any atom is 0.162 e. The van der Waals surface area contributed by atoms with E-state index in [1.54, 1.807) is 14.2 Å². The Morgan fingerprint density at radius 3 is 2.47 bits per heavy atom. The van der Waals surface area contributed by atoms with E-state index in [1.165, 1.54) is 0 Å². The summed E-state index contributed by atoms with van der Waals surface area (Å²) in [5.74, 6) is 1.38. The van der Waals surface area contributed by atoms with E-state index in [1.807, 2.05) is 29.9 Å². The van der Waals surface area contributed by atoms with Gasteiger partial charge in [-0.15, -0.1) is 0 Å². The fourth-order valence-corrected chi connectivity index (χ4v) is 2.02. The molecule has 1 aromatic carbocycles. The summed E-state index contributed by atoms with van der Waals surface area (Å²) in [5.41, 5.74) is 2.04. The number of aryl methyl sites for hydroxylation is 1. The molecule has 2 aromatic rings. The molecular weight excluding hydrogens is 216 g/mol. The molecular formula is C13H14N2O2. The van der Waals surface area contributed by atoms with Gasteiger partial charge >= 0.3 is 0 Å². The van der Waals surface area contributed by atoms with Crippen molar-refractivity contribution < 1.29 is 9.47 Å². The summed E-state index contributed by atoms with van der Waals surface area (Å²) < 4.78 is 12.5. The molecule has 0 bridgehead atoms. The quantitative estimate of drug-likeness (QED) is 0.812. The number of nitrogens with zero attached hydrogens (tertiary/aromatic N) is 2. The Morgan fingerprint density at radius 1 is 1.24 bits per heavy atom. The number of hydrogen-bond acceptors (Lipinski definition) is 3. The topological polar surface area (TPSA) is 47.2 Å². The standard InChI is InChI=1S/C13H14N2O2/c1-15-8-9(4-5-14)10-6-12(16-2)13(17-3)7-11(10)15/h6-8H,4H2,1-3H3. The predicted octanol–water partition coefficient (Wildman–Crippen LogP) is 2.26. The van der Waals surface area contributed by atoms with Crippen LogP contribution in [0.4, 0.5) is 0 Å². The highest BCUT2D eigenvalue weighted by molar-refractivity contribution is 5.87. The Balaban J connectivity index is 2.71. The number of rotatable bonds is 3. The fourth-order valence-electron chi connectivity index (χ4n) is 2.02. The second kappa shape index (κ2) is 4.38. The maximum absolute atomic E-state index is 8.80. The van der Waals surface area contributed by atoms with E-state index in [2.05, 4.69) is 6.07 Å². The number of aromatic nitrogens is 1. The van der Waals surface area contributed by atoms with Crippen LogP contribution in [0.15, 0.2) is 18.3 Å². The number of nitriles is 1. The van der Waals surface area contributed by atoms with E-state index in [-0.39, 0.29) is 0 Å². The first-order chi connectivity index (χ1) is 8.21. The van der Waals surface area contributed by atoms with Crippen molar-refractivity contribution in [3.8, 4) is 17.6 Å². The summed E-state index contributed by atoms with van der Waals surface area (Å²) >= 11 is 0. The molecule has 0 saturated carbocycles. The van der Waals surface area contributed by atoms with Gasteiger partial charge in [0.05, 0.1) is 32.2 Å². The fraction of sp³-hybridized carbons (Fsp3) is 0.308. The molecule has 0 atom stereocenters. The van der Waals surface area contributed by atoms with Crippen molar-refractivity contribution in [3.63, 3.8) is 0 Å². The molecule has 0 aliphatic rings. The van der Waals surface area contributed by atoms with Crippen molar-refractivity contribution in [1.29, 1.82) is 5.26 Å². The van der Waals surface area contributed by atoms with Crippen LogP contribution in [0.25, 0.3) is 10.9 Å². The summed E-state index contributed by atoms with van der Waals surface area (Å²) in [6, 6.07) is 6.01. The Hall–Kier alpha value is -2.15. The summed E-state index contributed by atoms with van der Waals surface area (Å²) in [4.78, 5) is 0. The van der Waals surface area contributed by atoms with Gasteiger partial charge < -0.3 is 14.0 Å². The Labute approximate surface area is 100.0 Å². The zero-order valence-corrected chi connectivity index (χ0v) is 10.2. The molecule has 0 fully saturated rings. The highest BCUT2D eigenvalue weighted by Crippen LogP contribution is 2.34. The third kappa shape index (κ3) is 1.80. The molecule has 4 heteroatoms. The van der Waals surface area contributed by atoms with Crippen molar-refractivity contribution in [1.82, 2.24) is 4.57 Å². The molecule has 0 amide bonds. The number of benzene rings is 1.